The largest absolute Gasteiger partial charge is 0.293 e. The van der Waals surface area contributed by atoms with Crippen molar-refractivity contribution in [3.8, 4) is 0 Å². The fraction of sp³-hybridized carbons (Fsp3) is 1.00. The monoisotopic (exact) mass is 334 g/mol. The molecule has 10 heteroatoms. The molecule has 0 aliphatic carbocycles. The zero-order chi connectivity index (χ0) is 15.5. The fourth-order valence-electron chi connectivity index (χ4n) is 1.54. The van der Waals surface area contributed by atoms with Gasteiger partial charge in [0.15, 0.2) is 0 Å². The van der Waals surface area contributed by atoms with Crippen molar-refractivity contribution in [2.24, 2.45) is 0 Å². The van der Waals surface area contributed by atoms with Gasteiger partial charge in [-0.3, -0.25) is 0 Å². The van der Waals surface area contributed by atoms with Gasteiger partial charge in [0.2, 0.25) is 0 Å². The van der Waals surface area contributed by atoms with E-state index in [4.69, 9.17) is 0 Å². The Balaban J connectivity index is 3.51. The quantitative estimate of drug-likeness (QED) is 0.280. The van der Waals surface area contributed by atoms with Gasteiger partial charge in [-0.2, -0.15) is 16.8 Å². The van der Waals surface area contributed by atoms with Gasteiger partial charge in [-0.15, -0.1) is 8.67 Å². The van der Waals surface area contributed by atoms with E-state index in [9.17, 15) is 16.8 Å². The van der Waals surface area contributed by atoms with Gasteiger partial charge in [-0.25, -0.2) is 9.78 Å². The number of unbranched alkanes of at least 4 members (excludes halogenated alkanes) is 5. The summed E-state index contributed by atoms with van der Waals surface area (Å²) < 4.78 is 52.6. The standard InChI is InChI=1S/C10H22O8S2/c1-15-17-19(11,12)9-7-5-3-4-6-8-10-20(13,14)18-16-2/h3-10H2,1-2H3. The van der Waals surface area contributed by atoms with Crippen LogP contribution in [0.25, 0.3) is 0 Å². The van der Waals surface area contributed by atoms with E-state index in [2.05, 4.69) is 18.4 Å². The first-order valence-corrected chi connectivity index (χ1v) is 9.38. The maximum atomic E-state index is 11.1. The molecule has 0 spiro atoms. The molecule has 122 valence electrons. The summed E-state index contributed by atoms with van der Waals surface area (Å²) in [4.78, 5) is 8.20. The molecular formula is C10H22O8S2. The molecule has 0 unspecified atom stereocenters. The Morgan fingerprint density at radius 2 is 0.900 bits per heavy atom. The molecule has 0 aromatic rings. The normalized spacial score (nSPS) is 12.7. The van der Waals surface area contributed by atoms with Crippen molar-refractivity contribution in [3.63, 3.8) is 0 Å². The smallest absolute Gasteiger partial charge is 0.223 e. The molecule has 0 amide bonds. The Hall–Kier alpha value is -0.260. The van der Waals surface area contributed by atoms with Gasteiger partial charge in [-0.1, -0.05) is 25.7 Å². The van der Waals surface area contributed by atoms with Crippen LogP contribution in [0.2, 0.25) is 0 Å². The molecule has 0 rings (SSSR count). The molecule has 0 radical (unpaired) electrons. The highest BCUT2D eigenvalue weighted by molar-refractivity contribution is 7.86. The topological polar surface area (TPSA) is 105 Å². The molecule has 0 saturated heterocycles. The molecule has 0 bridgehead atoms. The van der Waals surface area contributed by atoms with Crippen LogP contribution in [0.4, 0.5) is 0 Å². The minimum Gasteiger partial charge on any atom is -0.223 e. The van der Waals surface area contributed by atoms with Gasteiger partial charge in [0.25, 0.3) is 20.2 Å². The molecule has 0 aliphatic heterocycles. The van der Waals surface area contributed by atoms with Gasteiger partial charge in [-0.05, 0) is 12.8 Å². The van der Waals surface area contributed by atoms with E-state index in [0.717, 1.165) is 39.9 Å². The summed E-state index contributed by atoms with van der Waals surface area (Å²) in [5.74, 6) is -0.173. The lowest BCUT2D eigenvalue weighted by molar-refractivity contribution is -0.172. The molecule has 0 saturated carbocycles. The van der Waals surface area contributed by atoms with Crippen molar-refractivity contribution < 1.29 is 35.3 Å². The fourth-order valence-corrected chi connectivity index (χ4v) is 3.21. The molecule has 0 aliphatic rings. The average molecular weight is 334 g/mol. The Labute approximate surface area is 120 Å². The summed E-state index contributed by atoms with van der Waals surface area (Å²) in [6, 6.07) is 0. The molecule has 0 heterocycles. The van der Waals surface area contributed by atoms with E-state index in [-0.39, 0.29) is 11.5 Å². The molecule has 0 aromatic heterocycles. The van der Waals surface area contributed by atoms with Crippen LogP contribution in [0, 0.1) is 0 Å². The van der Waals surface area contributed by atoms with Gasteiger partial charge in [0.1, 0.15) is 0 Å². The van der Waals surface area contributed by atoms with Crippen molar-refractivity contribution in [1.29, 1.82) is 0 Å². The minimum absolute atomic E-state index is 0.0864. The summed E-state index contributed by atoms with van der Waals surface area (Å²) >= 11 is 0. The van der Waals surface area contributed by atoms with Crippen LogP contribution in [-0.2, 0) is 38.7 Å². The van der Waals surface area contributed by atoms with Gasteiger partial charge in [0, 0.05) is 0 Å². The summed E-state index contributed by atoms with van der Waals surface area (Å²) in [5.41, 5.74) is 0. The molecule has 0 atom stereocenters. The molecule has 20 heavy (non-hydrogen) atoms. The minimum atomic E-state index is -3.59. The van der Waals surface area contributed by atoms with Gasteiger partial charge >= 0.3 is 0 Å². The SMILES string of the molecule is COOS(=O)(=O)CCCCCCCCS(=O)(=O)OOC. The van der Waals surface area contributed by atoms with E-state index >= 15 is 0 Å². The van der Waals surface area contributed by atoms with Gasteiger partial charge in [0.05, 0.1) is 25.7 Å². The zero-order valence-corrected chi connectivity index (χ0v) is 13.4. The highest BCUT2D eigenvalue weighted by Gasteiger charge is 2.12. The zero-order valence-electron chi connectivity index (χ0n) is 11.7. The second kappa shape index (κ2) is 10.5. The first-order valence-electron chi connectivity index (χ1n) is 6.23. The van der Waals surface area contributed by atoms with E-state index < -0.39 is 20.2 Å². The van der Waals surface area contributed by atoms with E-state index in [1.54, 1.807) is 0 Å². The third kappa shape index (κ3) is 11.6. The first kappa shape index (κ1) is 19.7. The summed E-state index contributed by atoms with van der Waals surface area (Å²) in [7, 11) is -4.90. The number of hydrogen-bond acceptors (Lipinski definition) is 8. The van der Waals surface area contributed by atoms with Crippen molar-refractivity contribution >= 4 is 20.2 Å². The summed E-state index contributed by atoms with van der Waals surface area (Å²) in [5, 5.41) is 0. The molecule has 0 fully saturated rings. The predicted molar refractivity (Wildman–Crippen MR) is 71.5 cm³/mol. The van der Waals surface area contributed by atoms with E-state index in [0.29, 0.717) is 12.8 Å². The molecule has 0 aromatic carbocycles. The van der Waals surface area contributed by atoms with Crippen LogP contribution >= 0.6 is 0 Å². The summed E-state index contributed by atoms with van der Waals surface area (Å²) in [6.45, 7) is 0. The first-order chi connectivity index (χ1) is 9.33. The summed E-state index contributed by atoms with van der Waals surface area (Å²) in [6.07, 6.45) is 4.08. The van der Waals surface area contributed by atoms with Crippen LogP contribution < -0.4 is 0 Å². The number of rotatable bonds is 13. The van der Waals surface area contributed by atoms with Crippen LogP contribution in [0.3, 0.4) is 0 Å². The average Bonchev–Trinajstić information content (AvgIpc) is 2.32. The highest BCUT2D eigenvalue weighted by Crippen LogP contribution is 2.09. The second-order valence-corrected chi connectivity index (χ2v) is 7.43. The van der Waals surface area contributed by atoms with Gasteiger partial charge < -0.3 is 0 Å². The molecule has 0 N–H and O–H groups in total. The lowest BCUT2D eigenvalue weighted by atomic mass is 10.1. The maximum Gasteiger partial charge on any atom is 0.293 e. The van der Waals surface area contributed by atoms with E-state index in [1.807, 2.05) is 0 Å². The Bertz CT molecular complexity index is 386. The molecule has 8 nitrogen and oxygen atoms in total. The van der Waals surface area contributed by atoms with Crippen LogP contribution in [-0.4, -0.2) is 42.6 Å². The Kier molecular flexibility index (Phi) is 10.3. The van der Waals surface area contributed by atoms with Crippen molar-refractivity contribution in [1.82, 2.24) is 0 Å². The van der Waals surface area contributed by atoms with Crippen molar-refractivity contribution in [3.05, 3.63) is 0 Å². The lowest BCUT2D eigenvalue weighted by Gasteiger charge is -2.03. The third-order valence-corrected chi connectivity index (χ3v) is 4.65. The van der Waals surface area contributed by atoms with Crippen molar-refractivity contribution in [2.75, 3.05) is 25.7 Å². The van der Waals surface area contributed by atoms with Crippen LogP contribution in [0.5, 0.6) is 0 Å². The highest BCUT2D eigenvalue weighted by atomic mass is 32.2. The second-order valence-electron chi connectivity index (χ2n) is 4.11. The maximum absolute atomic E-state index is 11.1. The molecular weight excluding hydrogens is 312 g/mol. The van der Waals surface area contributed by atoms with Crippen molar-refractivity contribution in [2.45, 2.75) is 38.5 Å². The Morgan fingerprint density at radius 1 is 0.600 bits per heavy atom. The lowest BCUT2D eigenvalue weighted by Crippen LogP contribution is -2.10. The third-order valence-electron chi connectivity index (χ3n) is 2.38. The number of hydrogen-bond donors (Lipinski definition) is 0. The predicted octanol–water partition coefficient (Wildman–Crippen LogP) is 1.14. The van der Waals surface area contributed by atoms with E-state index in [1.165, 1.54) is 0 Å². The van der Waals surface area contributed by atoms with Crippen LogP contribution in [0.15, 0.2) is 0 Å². The Morgan fingerprint density at radius 3 is 1.20 bits per heavy atom. The van der Waals surface area contributed by atoms with Crippen LogP contribution in [0.1, 0.15) is 38.5 Å².